The summed E-state index contributed by atoms with van der Waals surface area (Å²) in [7, 11) is 0. The van der Waals surface area contributed by atoms with Crippen molar-refractivity contribution in [3.8, 4) is 0 Å². The highest BCUT2D eigenvalue weighted by molar-refractivity contribution is 6.31. The van der Waals surface area contributed by atoms with Gasteiger partial charge in [0.2, 0.25) is 0 Å². The van der Waals surface area contributed by atoms with Gasteiger partial charge in [-0.05, 0) is 55.8 Å². The lowest BCUT2D eigenvalue weighted by molar-refractivity contribution is 0.330. The van der Waals surface area contributed by atoms with E-state index in [0.29, 0.717) is 16.9 Å². The summed E-state index contributed by atoms with van der Waals surface area (Å²) >= 11 is 6.05. The lowest BCUT2D eigenvalue weighted by Crippen LogP contribution is -2.15. The van der Waals surface area contributed by atoms with Crippen molar-refractivity contribution in [3.63, 3.8) is 0 Å². The first kappa shape index (κ1) is 15.3. The number of halogens is 1. The van der Waals surface area contributed by atoms with E-state index in [9.17, 15) is 0 Å². The van der Waals surface area contributed by atoms with Crippen molar-refractivity contribution in [1.29, 1.82) is 0 Å². The molecule has 1 aromatic heterocycles. The van der Waals surface area contributed by atoms with Crippen molar-refractivity contribution in [1.82, 2.24) is 4.98 Å². The van der Waals surface area contributed by atoms with Crippen LogP contribution in [0.2, 0.25) is 5.02 Å². The van der Waals surface area contributed by atoms with E-state index in [1.54, 1.807) is 0 Å². The highest BCUT2D eigenvalue weighted by Crippen LogP contribution is 2.26. The molecule has 0 aliphatic heterocycles. The number of hydrogen-bond acceptors (Lipinski definition) is 3. The van der Waals surface area contributed by atoms with Crippen LogP contribution in [0.15, 0.2) is 16.5 Å². The fraction of sp³-hybridized carbons (Fsp3) is 0.562. The number of aryl methyl sites for hydroxylation is 2. The molecule has 0 bridgehead atoms. The zero-order chi connectivity index (χ0) is 14.7. The van der Waals surface area contributed by atoms with Crippen LogP contribution in [0.1, 0.15) is 38.1 Å². The van der Waals surface area contributed by atoms with Crippen LogP contribution in [0.3, 0.4) is 0 Å². The van der Waals surface area contributed by atoms with Crippen molar-refractivity contribution in [2.24, 2.45) is 17.6 Å². The molecule has 0 aliphatic rings. The molecule has 110 valence electrons. The van der Waals surface area contributed by atoms with Gasteiger partial charge in [0.15, 0.2) is 11.5 Å². The molecule has 1 heterocycles. The number of fused-ring (bicyclic) bond motifs is 1. The number of benzene rings is 1. The largest absolute Gasteiger partial charge is 0.440 e. The molecule has 0 fully saturated rings. The molecule has 0 spiro atoms. The Hall–Kier alpha value is -1.06. The van der Waals surface area contributed by atoms with Crippen LogP contribution < -0.4 is 5.73 Å². The molecule has 3 nitrogen and oxygen atoms in total. The van der Waals surface area contributed by atoms with Crippen molar-refractivity contribution < 1.29 is 4.42 Å². The van der Waals surface area contributed by atoms with Crippen LogP contribution in [-0.2, 0) is 6.42 Å². The Bertz CT molecular complexity index is 577. The molecule has 1 unspecified atom stereocenters. The molecule has 1 aromatic carbocycles. The van der Waals surface area contributed by atoms with Gasteiger partial charge in [-0.1, -0.05) is 25.4 Å². The third-order valence-electron chi connectivity index (χ3n) is 3.89. The van der Waals surface area contributed by atoms with Crippen LogP contribution >= 0.6 is 11.6 Å². The number of nitrogens with zero attached hydrogens (tertiary/aromatic N) is 1. The SMILES string of the molecule is Cc1cc(Cl)cc2nc(CCC(CCN)C(C)C)oc12. The summed E-state index contributed by atoms with van der Waals surface area (Å²) in [5.41, 5.74) is 8.42. The van der Waals surface area contributed by atoms with Gasteiger partial charge in [-0.25, -0.2) is 4.98 Å². The smallest absolute Gasteiger partial charge is 0.195 e. The summed E-state index contributed by atoms with van der Waals surface area (Å²) in [6.07, 6.45) is 2.98. The Labute approximate surface area is 125 Å². The third-order valence-corrected chi connectivity index (χ3v) is 4.11. The standard InChI is InChI=1S/C16H23ClN2O/c1-10(2)12(6-7-18)4-5-15-19-14-9-13(17)8-11(3)16(14)20-15/h8-10,12H,4-7,18H2,1-3H3. The van der Waals surface area contributed by atoms with E-state index in [4.69, 9.17) is 21.8 Å². The van der Waals surface area contributed by atoms with Gasteiger partial charge in [-0.2, -0.15) is 0 Å². The number of aromatic nitrogens is 1. The molecular weight excluding hydrogens is 272 g/mol. The number of hydrogen-bond donors (Lipinski definition) is 1. The molecule has 0 saturated carbocycles. The van der Waals surface area contributed by atoms with E-state index in [1.165, 1.54) is 0 Å². The van der Waals surface area contributed by atoms with Crippen LogP contribution in [0.4, 0.5) is 0 Å². The molecule has 1 atom stereocenters. The van der Waals surface area contributed by atoms with Crippen LogP contribution in [0.25, 0.3) is 11.1 Å². The second-order valence-corrected chi connectivity index (χ2v) is 6.24. The fourth-order valence-electron chi connectivity index (χ4n) is 2.64. The lowest BCUT2D eigenvalue weighted by Gasteiger charge is -2.18. The van der Waals surface area contributed by atoms with Crippen molar-refractivity contribution in [3.05, 3.63) is 28.6 Å². The summed E-state index contributed by atoms with van der Waals surface area (Å²) in [6, 6.07) is 3.76. The molecule has 20 heavy (non-hydrogen) atoms. The predicted octanol–water partition coefficient (Wildman–Crippen LogP) is 4.34. The van der Waals surface area contributed by atoms with Crippen molar-refractivity contribution in [2.45, 2.75) is 40.0 Å². The van der Waals surface area contributed by atoms with Gasteiger partial charge in [0.1, 0.15) is 5.52 Å². The molecule has 0 radical (unpaired) electrons. The van der Waals surface area contributed by atoms with E-state index in [0.717, 1.165) is 48.4 Å². The summed E-state index contributed by atoms with van der Waals surface area (Å²) < 4.78 is 5.86. The van der Waals surface area contributed by atoms with E-state index >= 15 is 0 Å². The van der Waals surface area contributed by atoms with Crippen LogP contribution in [0, 0.1) is 18.8 Å². The van der Waals surface area contributed by atoms with Gasteiger partial charge in [0, 0.05) is 11.4 Å². The zero-order valence-electron chi connectivity index (χ0n) is 12.4. The van der Waals surface area contributed by atoms with Crippen LogP contribution in [-0.4, -0.2) is 11.5 Å². The number of rotatable bonds is 6. The summed E-state index contributed by atoms with van der Waals surface area (Å²) in [5, 5.41) is 0.707. The second-order valence-electron chi connectivity index (χ2n) is 5.80. The Balaban J connectivity index is 2.12. The molecule has 2 N–H and O–H groups in total. The van der Waals surface area contributed by atoms with Gasteiger partial charge in [-0.3, -0.25) is 0 Å². The minimum Gasteiger partial charge on any atom is -0.440 e. The minimum absolute atomic E-state index is 0.625. The molecule has 2 aromatic rings. The first-order chi connectivity index (χ1) is 9.51. The monoisotopic (exact) mass is 294 g/mol. The maximum atomic E-state index is 6.05. The maximum Gasteiger partial charge on any atom is 0.195 e. The van der Waals surface area contributed by atoms with Gasteiger partial charge >= 0.3 is 0 Å². The van der Waals surface area contributed by atoms with E-state index in [-0.39, 0.29) is 0 Å². The Morgan fingerprint density at radius 1 is 1.30 bits per heavy atom. The predicted molar refractivity (Wildman–Crippen MR) is 84.1 cm³/mol. The van der Waals surface area contributed by atoms with Gasteiger partial charge in [0.25, 0.3) is 0 Å². The normalized spacial score (nSPS) is 13.3. The number of oxazole rings is 1. The van der Waals surface area contributed by atoms with Crippen molar-refractivity contribution in [2.75, 3.05) is 6.54 Å². The summed E-state index contributed by atoms with van der Waals surface area (Å²) in [4.78, 5) is 4.54. The minimum atomic E-state index is 0.625. The molecule has 2 rings (SSSR count). The average molecular weight is 295 g/mol. The van der Waals surface area contributed by atoms with Crippen molar-refractivity contribution >= 4 is 22.7 Å². The highest BCUT2D eigenvalue weighted by atomic mass is 35.5. The van der Waals surface area contributed by atoms with E-state index in [2.05, 4.69) is 18.8 Å². The molecule has 0 aliphatic carbocycles. The Morgan fingerprint density at radius 3 is 2.70 bits per heavy atom. The first-order valence-corrected chi connectivity index (χ1v) is 7.64. The zero-order valence-corrected chi connectivity index (χ0v) is 13.2. The van der Waals surface area contributed by atoms with E-state index in [1.807, 2.05) is 19.1 Å². The van der Waals surface area contributed by atoms with E-state index < -0.39 is 0 Å². The molecule has 0 amide bonds. The highest BCUT2D eigenvalue weighted by Gasteiger charge is 2.15. The average Bonchev–Trinajstić information content (AvgIpc) is 2.77. The molecule has 0 saturated heterocycles. The molecule has 4 heteroatoms. The Morgan fingerprint density at radius 2 is 2.05 bits per heavy atom. The van der Waals surface area contributed by atoms with Gasteiger partial charge in [0.05, 0.1) is 0 Å². The number of nitrogens with two attached hydrogens (primary N) is 1. The fourth-order valence-corrected chi connectivity index (χ4v) is 2.91. The maximum absolute atomic E-state index is 6.05. The summed E-state index contributed by atoms with van der Waals surface area (Å²) in [5.74, 6) is 2.06. The third kappa shape index (κ3) is 3.53. The summed E-state index contributed by atoms with van der Waals surface area (Å²) in [6.45, 7) is 7.23. The lowest BCUT2D eigenvalue weighted by atomic mass is 9.88. The topological polar surface area (TPSA) is 52.0 Å². The van der Waals surface area contributed by atoms with Gasteiger partial charge in [-0.15, -0.1) is 0 Å². The quantitative estimate of drug-likeness (QED) is 0.862. The van der Waals surface area contributed by atoms with Crippen LogP contribution in [0.5, 0.6) is 0 Å². The Kier molecular flexibility index (Phi) is 5.06. The second kappa shape index (κ2) is 6.59. The van der Waals surface area contributed by atoms with Gasteiger partial charge < -0.3 is 10.2 Å². The first-order valence-electron chi connectivity index (χ1n) is 7.27. The molecular formula is C16H23ClN2O.